The van der Waals surface area contributed by atoms with Crippen LogP contribution in [0.5, 0.6) is 0 Å². The lowest BCUT2D eigenvalue weighted by molar-refractivity contribution is 0.102. The molecule has 24 heavy (non-hydrogen) atoms. The van der Waals surface area contributed by atoms with Crippen LogP contribution in [-0.4, -0.2) is 10.9 Å². The maximum Gasteiger partial charge on any atom is 0.274 e. The Labute approximate surface area is 141 Å². The van der Waals surface area contributed by atoms with Gasteiger partial charge in [-0.2, -0.15) is 0 Å². The van der Waals surface area contributed by atoms with E-state index in [1.807, 2.05) is 68.4 Å². The predicted molar refractivity (Wildman–Crippen MR) is 97.8 cm³/mol. The lowest BCUT2D eigenvalue weighted by Crippen LogP contribution is -2.13. The quantitative estimate of drug-likeness (QED) is 0.733. The first-order valence-corrected chi connectivity index (χ1v) is 7.78. The summed E-state index contributed by atoms with van der Waals surface area (Å²) < 4.78 is 0. The summed E-state index contributed by atoms with van der Waals surface area (Å²) in [5.41, 5.74) is 5.25. The van der Waals surface area contributed by atoms with Crippen molar-refractivity contribution < 1.29 is 4.79 Å². The summed E-state index contributed by atoms with van der Waals surface area (Å²) in [5.74, 6) is -0.229. The number of amides is 1. The number of para-hydroxylation sites is 1. The van der Waals surface area contributed by atoms with Crippen molar-refractivity contribution in [2.75, 3.05) is 10.6 Å². The van der Waals surface area contributed by atoms with Gasteiger partial charge in [0.1, 0.15) is 5.69 Å². The van der Waals surface area contributed by atoms with Gasteiger partial charge in [0.2, 0.25) is 0 Å². The molecule has 2 aromatic carbocycles. The molecule has 4 nitrogen and oxygen atoms in total. The maximum atomic E-state index is 12.4. The first-order valence-electron chi connectivity index (χ1n) is 7.78. The fourth-order valence-corrected chi connectivity index (χ4v) is 2.33. The molecule has 4 heteroatoms. The van der Waals surface area contributed by atoms with Gasteiger partial charge in [0, 0.05) is 23.3 Å². The molecule has 1 amide bonds. The Morgan fingerprint density at radius 3 is 2.42 bits per heavy atom. The molecular weight excluding hydrogens is 298 g/mol. The second kappa shape index (κ2) is 6.96. The predicted octanol–water partition coefficient (Wildman–Crippen LogP) is 4.69. The van der Waals surface area contributed by atoms with Crippen molar-refractivity contribution in [1.82, 2.24) is 4.98 Å². The van der Waals surface area contributed by atoms with E-state index in [1.54, 1.807) is 12.3 Å². The zero-order valence-corrected chi connectivity index (χ0v) is 13.7. The first kappa shape index (κ1) is 15.7. The molecule has 0 aliphatic carbocycles. The molecule has 1 heterocycles. The van der Waals surface area contributed by atoms with Crippen LogP contribution in [0.3, 0.4) is 0 Å². The van der Waals surface area contributed by atoms with Crippen LogP contribution in [0, 0.1) is 13.8 Å². The summed E-state index contributed by atoms with van der Waals surface area (Å²) in [7, 11) is 0. The number of hydrogen-bond donors (Lipinski definition) is 2. The molecule has 0 saturated heterocycles. The monoisotopic (exact) mass is 317 g/mol. The summed E-state index contributed by atoms with van der Waals surface area (Å²) in [6, 6.07) is 19.3. The topological polar surface area (TPSA) is 54.0 Å². The van der Waals surface area contributed by atoms with Gasteiger partial charge < -0.3 is 10.6 Å². The number of benzene rings is 2. The molecule has 3 aromatic rings. The van der Waals surface area contributed by atoms with Crippen molar-refractivity contribution in [2.45, 2.75) is 13.8 Å². The normalized spacial score (nSPS) is 10.2. The smallest absolute Gasteiger partial charge is 0.274 e. The summed E-state index contributed by atoms with van der Waals surface area (Å²) in [6.45, 7) is 4.04. The lowest BCUT2D eigenvalue weighted by Gasteiger charge is -2.10. The number of anilines is 3. The fraction of sp³-hybridized carbons (Fsp3) is 0.100. The molecule has 0 radical (unpaired) electrons. The van der Waals surface area contributed by atoms with Gasteiger partial charge in [0.25, 0.3) is 5.91 Å². The molecular formula is C20H19N3O. The highest BCUT2D eigenvalue weighted by Gasteiger charge is 2.09. The molecule has 0 unspecified atom stereocenters. The van der Waals surface area contributed by atoms with Gasteiger partial charge in [-0.05, 0) is 49.7 Å². The number of carbonyl (C=O) groups is 1. The van der Waals surface area contributed by atoms with Crippen molar-refractivity contribution in [3.8, 4) is 0 Å². The second-order valence-corrected chi connectivity index (χ2v) is 5.69. The number of hydrogen-bond acceptors (Lipinski definition) is 3. The molecule has 0 spiro atoms. The van der Waals surface area contributed by atoms with Crippen molar-refractivity contribution in [1.29, 1.82) is 0 Å². The zero-order chi connectivity index (χ0) is 16.9. The van der Waals surface area contributed by atoms with Gasteiger partial charge in [0.05, 0.1) is 0 Å². The largest absolute Gasteiger partial charge is 0.355 e. The number of carbonyl (C=O) groups excluding carboxylic acids is 1. The Morgan fingerprint density at radius 1 is 0.917 bits per heavy atom. The average molecular weight is 317 g/mol. The van der Waals surface area contributed by atoms with E-state index >= 15 is 0 Å². The molecule has 0 fully saturated rings. The van der Waals surface area contributed by atoms with Crippen LogP contribution in [0.25, 0.3) is 0 Å². The molecule has 0 aliphatic heterocycles. The number of pyridine rings is 1. The average Bonchev–Trinajstić information content (AvgIpc) is 2.59. The van der Waals surface area contributed by atoms with E-state index in [-0.39, 0.29) is 5.91 Å². The maximum absolute atomic E-state index is 12.4. The van der Waals surface area contributed by atoms with E-state index in [4.69, 9.17) is 0 Å². The summed E-state index contributed by atoms with van der Waals surface area (Å²) in [5, 5.41) is 6.18. The standard InChI is InChI=1S/C20H19N3O/c1-14-7-9-16(10-8-14)23-20(24)19-13-17(11-12-21-19)22-18-6-4-3-5-15(18)2/h3-13H,1-2H3,(H,21,22)(H,23,24). The van der Waals surface area contributed by atoms with Gasteiger partial charge >= 0.3 is 0 Å². The van der Waals surface area contributed by atoms with Crippen LogP contribution in [0.4, 0.5) is 17.1 Å². The Morgan fingerprint density at radius 2 is 1.67 bits per heavy atom. The molecule has 0 bridgehead atoms. The minimum Gasteiger partial charge on any atom is -0.355 e. The second-order valence-electron chi connectivity index (χ2n) is 5.69. The van der Waals surface area contributed by atoms with Crippen molar-refractivity contribution in [3.05, 3.63) is 83.7 Å². The van der Waals surface area contributed by atoms with Gasteiger partial charge in [-0.3, -0.25) is 9.78 Å². The van der Waals surface area contributed by atoms with Crippen molar-refractivity contribution >= 4 is 23.0 Å². The SMILES string of the molecule is Cc1ccc(NC(=O)c2cc(Nc3ccccc3C)ccn2)cc1. The van der Waals surface area contributed by atoms with Crippen LogP contribution in [-0.2, 0) is 0 Å². The number of rotatable bonds is 4. The van der Waals surface area contributed by atoms with E-state index in [0.717, 1.165) is 28.2 Å². The van der Waals surface area contributed by atoms with Gasteiger partial charge in [-0.25, -0.2) is 0 Å². The van der Waals surface area contributed by atoms with Crippen LogP contribution < -0.4 is 10.6 Å². The van der Waals surface area contributed by atoms with Gasteiger partial charge in [-0.1, -0.05) is 35.9 Å². The third-order valence-corrected chi connectivity index (χ3v) is 3.73. The Balaban J connectivity index is 1.76. The number of nitrogens with zero attached hydrogens (tertiary/aromatic N) is 1. The highest BCUT2D eigenvalue weighted by atomic mass is 16.1. The molecule has 1 aromatic heterocycles. The number of aromatic nitrogens is 1. The molecule has 3 rings (SSSR count). The highest BCUT2D eigenvalue weighted by Crippen LogP contribution is 2.20. The number of nitrogens with one attached hydrogen (secondary N) is 2. The van der Waals surface area contributed by atoms with Crippen LogP contribution in [0.15, 0.2) is 66.9 Å². The van der Waals surface area contributed by atoms with Crippen molar-refractivity contribution in [3.63, 3.8) is 0 Å². The first-order chi connectivity index (χ1) is 11.6. The number of aryl methyl sites for hydroxylation is 2. The Hall–Kier alpha value is -3.14. The highest BCUT2D eigenvalue weighted by molar-refractivity contribution is 6.03. The van der Waals surface area contributed by atoms with Gasteiger partial charge in [0.15, 0.2) is 0 Å². The summed E-state index contributed by atoms with van der Waals surface area (Å²) in [4.78, 5) is 16.5. The van der Waals surface area contributed by atoms with Crippen LogP contribution in [0.1, 0.15) is 21.6 Å². The Bertz CT molecular complexity index is 857. The molecule has 2 N–H and O–H groups in total. The summed E-state index contributed by atoms with van der Waals surface area (Å²) >= 11 is 0. The fourth-order valence-electron chi connectivity index (χ4n) is 2.33. The van der Waals surface area contributed by atoms with E-state index in [1.165, 1.54) is 0 Å². The van der Waals surface area contributed by atoms with E-state index in [2.05, 4.69) is 15.6 Å². The van der Waals surface area contributed by atoms with Crippen molar-refractivity contribution in [2.24, 2.45) is 0 Å². The summed E-state index contributed by atoms with van der Waals surface area (Å²) in [6.07, 6.45) is 1.63. The van der Waals surface area contributed by atoms with Crippen LogP contribution >= 0.6 is 0 Å². The third kappa shape index (κ3) is 3.79. The molecule has 0 atom stereocenters. The van der Waals surface area contributed by atoms with Crippen LogP contribution in [0.2, 0.25) is 0 Å². The van der Waals surface area contributed by atoms with E-state index < -0.39 is 0 Å². The molecule has 0 aliphatic rings. The Kier molecular flexibility index (Phi) is 4.57. The minimum atomic E-state index is -0.229. The molecule has 120 valence electrons. The molecule has 0 saturated carbocycles. The minimum absolute atomic E-state index is 0.229. The zero-order valence-electron chi connectivity index (χ0n) is 13.7. The van der Waals surface area contributed by atoms with Gasteiger partial charge in [-0.15, -0.1) is 0 Å². The third-order valence-electron chi connectivity index (χ3n) is 3.73. The van der Waals surface area contributed by atoms with E-state index in [9.17, 15) is 4.79 Å². The lowest BCUT2D eigenvalue weighted by atomic mass is 10.2. The van der Waals surface area contributed by atoms with E-state index in [0.29, 0.717) is 5.69 Å².